The van der Waals surface area contributed by atoms with Crippen LogP contribution in [0.5, 0.6) is 0 Å². The van der Waals surface area contributed by atoms with E-state index in [0.717, 1.165) is 11.4 Å². The first-order valence-corrected chi connectivity index (χ1v) is 13.7. The number of hydrogen-bond donors (Lipinski definition) is 0. The largest absolute Gasteiger partial charge is 0.310 e. The van der Waals surface area contributed by atoms with Gasteiger partial charge in [-0.3, -0.25) is 0 Å². The van der Waals surface area contributed by atoms with Gasteiger partial charge in [-0.05, 0) is 80.1 Å². The first kappa shape index (κ1) is 24.5. The zero-order valence-electron chi connectivity index (χ0n) is 23.4. The Morgan fingerprint density at radius 1 is 0.474 bits per heavy atom. The van der Waals surface area contributed by atoms with Crippen molar-refractivity contribution in [2.24, 2.45) is 5.41 Å². The van der Waals surface area contributed by atoms with Gasteiger partial charge in [0.05, 0.1) is 5.69 Å². The fourth-order valence-electron chi connectivity index (χ4n) is 6.45. The van der Waals surface area contributed by atoms with Crippen molar-refractivity contribution in [2.75, 3.05) is 4.90 Å². The molecule has 0 fully saturated rings. The lowest BCUT2D eigenvalue weighted by Crippen LogP contribution is -2.42. The average molecular weight is 496 g/mol. The molecule has 0 bridgehead atoms. The van der Waals surface area contributed by atoms with Gasteiger partial charge in [0.1, 0.15) is 0 Å². The minimum absolute atomic E-state index is 0.0530. The maximum Gasteiger partial charge on any atom is 0.0546 e. The summed E-state index contributed by atoms with van der Waals surface area (Å²) in [5.41, 5.74) is 9.23. The highest BCUT2D eigenvalue weighted by Gasteiger charge is 2.56. The van der Waals surface area contributed by atoms with Gasteiger partial charge in [0.25, 0.3) is 0 Å². The molecule has 0 heterocycles. The summed E-state index contributed by atoms with van der Waals surface area (Å²) in [6.07, 6.45) is 0. The first-order valence-electron chi connectivity index (χ1n) is 13.7. The fraction of sp³-hybridized carbons (Fsp3) is 0.243. The lowest BCUT2D eigenvalue weighted by molar-refractivity contribution is 0.125. The van der Waals surface area contributed by atoms with Crippen LogP contribution in [-0.2, 0) is 10.8 Å². The van der Waals surface area contributed by atoms with Gasteiger partial charge in [-0.25, -0.2) is 0 Å². The highest BCUT2D eigenvalue weighted by Crippen LogP contribution is 2.62. The molecule has 6 rings (SSSR count). The van der Waals surface area contributed by atoms with Crippen LogP contribution in [0.1, 0.15) is 52.7 Å². The van der Waals surface area contributed by atoms with E-state index in [1.807, 2.05) is 0 Å². The smallest absolute Gasteiger partial charge is 0.0546 e. The predicted molar refractivity (Wildman–Crippen MR) is 164 cm³/mol. The van der Waals surface area contributed by atoms with Crippen LogP contribution in [0.2, 0.25) is 0 Å². The van der Waals surface area contributed by atoms with E-state index in [1.165, 1.54) is 38.7 Å². The monoisotopic (exact) mass is 495 g/mol. The zero-order chi connectivity index (χ0) is 26.7. The Labute approximate surface area is 227 Å². The van der Waals surface area contributed by atoms with E-state index in [0.29, 0.717) is 0 Å². The Morgan fingerprint density at radius 3 is 1.55 bits per heavy atom. The number of rotatable bonds is 4. The van der Waals surface area contributed by atoms with E-state index in [9.17, 15) is 0 Å². The van der Waals surface area contributed by atoms with Gasteiger partial charge in [-0.1, -0.05) is 120 Å². The molecular weight excluding hydrogens is 458 g/mol. The van der Waals surface area contributed by atoms with Gasteiger partial charge in [0.15, 0.2) is 0 Å². The third kappa shape index (κ3) is 3.52. The van der Waals surface area contributed by atoms with Crippen molar-refractivity contribution in [3.05, 3.63) is 126 Å². The Kier molecular flexibility index (Phi) is 5.54. The minimum Gasteiger partial charge on any atom is -0.310 e. The van der Waals surface area contributed by atoms with E-state index < -0.39 is 0 Å². The van der Waals surface area contributed by atoms with Gasteiger partial charge in [0.2, 0.25) is 0 Å². The molecule has 0 spiro atoms. The molecule has 0 saturated carbocycles. The second kappa shape index (κ2) is 8.60. The van der Waals surface area contributed by atoms with E-state index >= 15 is 0 Å². The maximum absolute atomic E-state index is 2.48. The van der Waals surface area contributed by atoms with E-state index in [-0.39, 0.29) is 16.2 Å². The molecule has 38 heavy (non-hydrogen) atoms. The Balaban J connectivity index is 1.64. The molecule has 0 aliphatic heterocycles. The summed E-state index contributed by atoms with van der Waals surface area (Å²) >= 11 is 0. The van der Waals surface area contributed by atoms with Crippen LogP contribution in [0.3, 0.4) is 0 Å². The number of anilines is 3. The van der Waals surface area contributed by atoms with Crippen molar-refractivity contribution >= 4 is 27.8 Å². The maximum atomic E-state index is 2.48. The van der Waals surface area contributed by atoms with Crippen molar-refractivity contribution in [1.29, 1.82) is 0 Å². The highest BCUT2D eigenvalue weighted by atomic mass is 15.1. The van der Waals surface area contributed by atoms with Gasteiger partial charge < -0.3 is 4.90 Å². The predicted octanol–water partition coefficient (Wildman–Crippen LogP) is 10.6. The lowest BCUT2D eigenvalue weighted by atomic mass is 9.59. The molecule has 0 atom stereocenters. The summed E-state index contributed by atoms with van der Waals surface area (Å²) in [6.45, 7) is 14.5. The zero-order valence-corrected chi connectivity index (χ0v) is 23.4. The summed E-state index contributed by atoms with van der Waals surface area (Å²) in [5.74, 6) is 0. The molecule has 5 aromatic carbocycles. The Bertz CT molecular complexity index is 1580. The van der Waals surface area contributed by atoms with Crippen molar-refractivity contribution in [2.45, 2.75) is 52.4 Å². The van der Waals surface area contributed by atoms with Crippen LogP contribution < -0.4 is 4.90 Å². The molecule has 5 aromatic rings. The number of para-hydroxylation sites is 2. The number of benzene rings is 5. The van der Waals surface area contributed by atoms with Gasteiger partial charge in [0, 0.05) is 16.9 Å². The molecule has 0 N–H and O–H groups in total. The van der Waals surface area contributed by atoms with Crippen molar-refractivity contribution in [1.82, 2.24) is 0 Å². The molecule has 1 heteroatoms. The third-order valence-corrected chi connectivity index (χ3v) is 9.94. The molecule has 0 aromatic heterocycles. The van der Waals surface area contributed by atoms with Crippen molar-refractivity contribution in [3.8, 4) is 11.1 Å². The van der Waals surface area contributed by atoms with Gasteiger partial charge in [-0.15, -0.1) is 0 Å². The summed E-state index contributed by atoms with van der Waals surface area (Å²) in [6, 6.07) is 42.1. The molecule has 1 aliphatic carbocycles. The van der Waals surface area contributed by atoms with Crippen molar-refractivity contribution in [3.63, 3.8) is 0 Å². The normalized spacial score (nSPS) is 16.8. The van der Waals surface area contributed by atoms with E-state index in [4.69, 9.17) is 0 Å². The Morgan fingerprint density at radius 2 is 0.974 bits per heavy atom. The summed E-state index contributed by atoms with van der Waals surface area (Å²) in [5, 5.41) is 2.50. The summed E-state index contributed by atoms with van der Waals surface area (Å²) < 4.78 is 0. The molecular formula is C37H37N. The quantitative estimate of drug-likeness (QED) is 0.240. The number of fused-ring (bicyclic) bond motifs is 2. The average Bonchev–Trinajstić information content (AvgIpc) is 3.03. The molecule has 1 aliphatic rings. The molecule has 0 unspecified atom stereocenters. The molecule has 0 saturated heterocycles. The van der Waals surface area contributed by atoms with Crippen LogP contribution in [0.4, 0.5) is 17.1 Å². The third-order valence-electron chi connectivity index (χ3n) is 9.94. The molecule has 1 nitrogen and oxygen atoms in total. The molecule has 0 radical (unpaired) electrons. The minimum atomic E-state index is 0.0530. The standard InChI is InChI=1S/C37H37N/c1-35(2)32-22-21-28(24-33(32)36(3,4)37(35,5)6)31-23-26-15-13-14-16-27(26)25-34(31)38(29-17-9-7-10-18-29)30-19-11-8-12-20-30/h7-25H,1-6H3. The van der Waals surface area contributed by atoms with Crippen LogP contribution >= 0.6 is 0 Å². The second-order valence-corrected chi connectivity index (χ2v) is 12.4. The molecule has 190 valence electrons. The number of hydrogen-bond acceptors (Lipinski definition) is 1. The first-order chi connectivity index (χ1) is 18.1. The lowest BCUT2D eigenvalue weighted by Gasteiger charge is -2.44. The fourth-order valence-corrected chi connectivity index (χ4v) is 6.45. The highest BCUT2D eigenvalue weighted by molar-refractivity contribution is 5.98. The van der Waals surface area contributed by atoms with Gasteiger partial charge >= 0.3 is 0 Å². The number of nitrogens with zero attached hydrogens (tertiary/aromatic N) is 1. The van der Waals surface area contributed by atoms with E-state index in [1.54, 1.807) is 0 Å². The van der Waals surface area contributed by atoms with Crippen LogP contribution in [0.15, 0.2) is 115 Å². The second-order valence-electron chi connectivity index (χ2n) is 12.4. The summed E-state index contributed by atoms with van der Waals surface area (Å²) in [4.78, 5) is 2.40. The summed E-state index contributed by atoms with van der Waals surface area (Å²) in [7, 11) is 0. The van der Waals surface area contributed by atoms with Crippen LogP contribution in [0.25, 0.3) is 21.9 Å². The molecule has 0 amide bonds. The Hall–Kier alpha value is -3.84. The van der Waals surface area contributed by atoms with Crippen molar-refractivity contribution < 1.29 is 0 Å². The van der Waals surface area contributed by atoms with Gasteiger partial charge in [-0.2, -0.15) is 0 Å². The van der Waals surface area contributed by atoms with Crippen LogP contribution in [-0.4, -0.2) is 0 Å². The van der Waals surface area contributed by atoms with Crippen LogP contribution in [0, 0.1) is 5.41 Å². The van der Waals surface area contributed by atoms with E-state index in [2.05, 4.69) is 162 Å². The topological polar surface area (TPSA) is 3.24 Å². The SMILES string of the molecule is CC1(C)c2ccc(-c3cc4ccccc4cc3N(c3ccccc3)c3ccccc3)cc2C(C)(C)C1(C)C.